The van der Waals surface area contributed by atoms with Gasteiger partial charge in [-0.3, -0.25) is 4.90 Å². The second kappa shape index (κ2) is 9.47. The maximum absolute atomic E-state index is 6.04. The molecular formula is C23H27N3O3. The molecule has 6 nitrogen and oxygen atoms in total. The minimum absolute atomic E-state index is 0.682. The zero-order valence-corrected chi connectivity index (χ0v) is 16.8. The molecule has 1 fully saturated rings. The van der Waals surface area contributed by atoms with Gasteiger partial charge < -0.3 is 18.9 Å². The summed E-state index contributed by atoms with van der Waals surface area (Å²) in [4.78, 5) is 4.90. The predicted octanol–water partition coefficient (Wildman–Crippen LogP) is 3.94. The largest absolute Gasteiger partial charge is 0.495 e. The van der Waals surface area contributed by atoms with Gasteiger partial charge in [-0.05, 0) is 30.7 Å². The molecule has 0 bridgehead atoms. The van der Waals surface area contributed by atoms with Gasteiger partial charge in [0.2, 0.25) is 0 Å². The molecule has 152 valence electrons. The van der Waals surface area contributed by atoms with E-state index in [2.05, 4.69) is 27.1 Å². The van der Waals surface area contributed by atoms with Gasteiger partial charge in [0.05, 0.1) is 19.4 Å². The predicted molar refractivity (Wildman–Crippen MR) is 114 cm³/mol. The number of piperazine rings is 1. The molecule has 0 unspecified atom stereocenters. The third-order valence-corrected chi connectivity index (χ3v) is 5.28. The monoisotopic (exact) mass is 393 g/mol. The third kappa shape index (κ3) is 4.71. The van der Waals surface area contributed by atoms with Crippen LogP contribution in [0, 0.1) is 0 Å². The lowest BCUT2D eigenvalue weighted by molar-refractivity contribution is 0.224. The third-order valence-electron chi connectivity index (χ3n) is 5.28. The molecular weight excluding hydrogens is 366 g/mol. The first-order chi connectivity index (χ1) is 14.3. The van der Waals surface area contributed by atoms with Crippen molar-refractivity contribution in [3.05, 3.63) is 60.9 Å². The van der Waals surface area contributed by atoms with Gasteiger partial charge in [-0.25, -0.2) is 0 Å². The average Bonchev–Trinajstić information content (AvgIpc) is 3.32. The van der Waals surface area contributed by atoms with E-state index in [1.54, 1.807) is 13.4 Å². The Hall–Kier alpha value is -2.99. The Morgan fingerprint density at radius 1 is 0.931 bits per heavy atom. The van der Waals surface area contributed by atoms with E-state index < -0.39 is 0 Å². The van der Waals surface area contributed by atoms with Gasteiger partial charge in [-0.2, -0.15) is 0 Å². The molecule has 0 amide bonds. The fourth-order valence-electron chi connectivity index (χ4n) is 3.73. The lowest BCUT2D eigenvalue weighted by Gasteiger charge is -2.36. The van der Waals surface area contributed by atoms with Crippen LogP contribution in [-0.2, 0) is 0 Å². The van der Waals surface area contributed by atoms with E-state index in [-0.39, 0.29) is 0 Å². The Kier molecular flexibility index (Phi) is 6.32. The molecule has 2 aromatic carbocycles. The molecule has 3 aromatic rings. The first-order valence-electron chi connectivity index (χ1n) is 10.1. The van der Waals surface area contributed by atoms with Crippen molar-refractivity contribution in [1.29, 1.82) is 0 Å². The number of ether oxygens (including phenoxy) is 2. The summed E-state index contributed by atoms with van der Waals surface area (Å²) < 4.78 is 16.5. The molecule has 29 heavy (non-hydrogen) atoms. The van der Waals surface area contributed by atoms with Gasteiger partial charge in [-0.15, -0.1) is 0 Å². The van der Waals surface area contributed by atoms with Crippen molar-refractivity contribution in [3.63, 3.8) is 0 Å². The number of methoxy groups -OCH3 is 1. The van der Waals surface area contributed by atoms with E-state index >= 15 is 0 Å². The number of hydrogen-bond donors (Lipinski definition) is 0. The normalized spacial score (nSPS) is 14.7. The van der Waals surface area contributed by atoms with Crippen LogP contribution < -0.4 is 14.4 Å². The van der Waals surface area contributed by atoms with Crippen LogP contribution in [0.1, 0.15) is 6.42 Å². The molecule has 6 heteroatoms. The Morgan fingerprint density at radius 2 is 1.69 bits per heavy atom. The Labute approximate surface area is 171 Å². The summed E-state index contributed by atoms with van der Waals surface area (Å²) in [6.45, 7) is 5.83. The zero-order chi connectivity index (χ0) is 19.9. The minimum Gasteiger partial charge on any atom is -0.495 e. The molecule has 1 saturated heterocycles. The van der Waals surface area contributed by atoms with Crippen molar-refractivity contribution in [2.45, 2.75) is 6.42 Å². The summed E-state index contributed by atoms with van der Waals surface area (Å²) in [5, 5.41) is 4.02. The van der Waals surface area contributed by atoms with Gasteiger partial charge in [0.15, 0.2) is 0 Å². The van der Waals surface area contributed by atoms with Crippen molar-refractivity contribution in [2.24, 2.45) is 0 Å². The smallest absolute Gasteiger partial charge is 0.142 e. The maximum atomic E-state index is 6.04. The maximum Gasteiger partial charge on any atom is 0.142 e. The lowest BCUT2D eigenvalue weighted by Crippen LogP contribution is -2.46. The van der Waals surface area contributed by atoms with Crippen LogP contribution in [0.25, 0.3) is 11.3 Å². The number of rotatable bonds is 8. The van der Waals surface area contributed by atoms with Crippen LogP contribution in [-0.4, -0.2) is 56.5 Å². The molecule has 0 aliphatic carbocycles. The highest BCUT2D eigenvalue weighted by atomic mass is 16.5. The van der Waals surface area contributed by atoms with Gasteiger partial charge in [-0.1, -0.05) is 29.4 Å². The van der Waals surface area contributed by atoms with Gasteiger partial charge in [0.25, 0.3) is 0 Å². The highest BCUT2D eigenvalue weighted by Gasteiger charge is 2.19. The molecule has 0 spiro atoms. The quantitative estimate of drug-likeness (QED) is 0.540. The number of anilines is 1. The van der Waals surface area contributed by atoms with Crippen LogP contribution in [0.5, 0.6) is 11.5 Å². The summed E-state index contributed by atoms with van der Waals surface area (Å²) in [5.74, 6) is 1.79. The minimum atomic E-state index is 0.682. The number of benzene rings is 2. The topological polar surface area (TPSA) is 51.0 Å². The molecule has 0 saturated carbocycles. The fourth-order valence-corrected chi connectivity index (χ4v) is 3.73. The Balaban J connectivity index is 1.23. The van der Waals surface area contributed by atoms with E-state index in [1.807, 2.05) is 42.5 Å². The van der Waals surface area contributed by atoms with Crippen LogP contribution in [0.15, 0.2) is 65.4 Å². The molecule has 0 N–H and O–H groups in total. The number of aromatic nitrogens is 1. The van der Waals surface area contributed by atoms with Crippen LogP contribution in [0.4, 0.5) is 5.69 Å². The SMILES string of the molecule is COc1ccccc1N1CCN(CCCOc2ccccc2-c2ccon2)CC1. The van der Waals surface area contributed by atoms with Crippen molar-refractivity contribution < 1.29 is 14.0 Å². The molecule has 4 rings (SSSR count). The van der Waals surface area contributed by atoms with Crippen LogP contribution in [0.3, 0.4) is 0 Å². The zero-order valence-electron chi connectivity index (χ0n) is 16.8. The molecule has 1 aliphatic heterocycles. The second-order valence-corrected chi connectivity index (χ2v) is 7.08. The highest BCUT2D eigenvalue weighted by Crippen LogP contribution is 2.29. The van der Waals surface area contributed by atoms with E-state index in [0.29, 0.717) is 6.61 Å². The van der Waals surface area contributed by atoms with E-state index in [4.69, 9.17) is 14.0 Å². The van der Waals surface area contributed by atoms with Gasteiger partial charge in [0, 0.05) is 44.4 Å². The highest BCUT2D eigenvalue weighted by molar-refractivity contribution is 5.66. The summed E-state index contributed by atoms with van der Waals surface area (Å²) in [5.41, 5.74) is 2.95. The van der Waals surface area contributed by atoms with Crippen LogP contribution in [0.2, 0.25) is 0 Å². The molecule has 0 atom stereocenters. The molecule has 1 aliphatic rings. The van der Waals surface area contributed by atoms with Crippen molar-refractivity contribution >= 4 is 5.69 Å². The Morgan fingerprint density at radius 3 is 2.45 bits per heavy atom. The Bertz CT molecular complexity index is 890. The summed E-state index contributed by atoms with van der Waals surface area (Å²) in [6.07, 6.45) is 2.57. The number of nitrogens with zero attached hydrogens (tertiary/aromatic N) is 3. The number of hydrogen-bond acceptors (Lipinski definition) is 6. The fraction of sp³-hybridized carbons (Fsp3) is 0.348. The second-order valence-electron chi connectivity index (χ2n) is 7.08. The molecule has 2 heterocycles. The molecule has 1 aromatic heterocycles. The first-order valence-corrected chi connectivity index (χ1v) is 10.1. The first kappa shape index (κ1) is 19.3. The van der Waals surface area contributed by atoms with Crippen molar-refractivity contribution in [3.8, 4) is 22.8 Å². The van der Waals surface area contributed by atoms with Crippen molar-refractivity contribution in [1.82, 2.24) is 10.1 Å². The van der Waals surface area contributed by atoms with Gasteiger partial charge in [0.1, 0.15) is 23.5 Å². The van der Waals surface area contributed by atoms with Crippen LogP contribution >= 0.6 is 0 Å². The van der Waals surface area contributed by atoms with E-state index in [9.17, 15) is 0 Å². The standard InChI is InChI=1S/C23H27N3O3/c1-27-23-10-5-3-8-21(23)26-15-13-25(14-16-26)12-6-17-28-22-9-4-2-7-19(22)20-11-18-29-24-20/h2-5,7-11,18H,6,12-17H2,1H3. The lowest BCUT2D eigenvalue weighted by atomic mass is 10.1. The summed E-state index contributed by atoms with van der Waals surface area (Å²) in [6, 6.07) is 18.0. The summed E-state index contributed by atoms with van der Waals surface area (Å²) in [7, 11) is 1.73. The van der Waals surface area contributed by atoms with E-state index in [1.165, 1.54) is 5.69 Å². The molecule has 0 radical (unpaired) electrons. The van der Waals surface area contributed by atoms with Gasteiger partial charge >= 0.3 is 0 Å². The summed E-state index contributed by atoms with van der Waals surface area (Å²) >= 11 is 0. The van der Waals surface area contributed by atoms with E-state index in [0.717, 1.165) is 61.9 Å². The number of para-hydroxylation sites is 3. The average molecular weight is 393 g/mol. The van der Waals surface area contributed by atoms with Crippen molar-refractivity contribution in [2.75, 3.05) is 51.3 Å².